The van der Waals surface area contributed by atoms with E-state index in [0.717, 1.165) is 48.3 Å². The highest BCUT2D eigenvalue weighted by molar-refractivity contribution is 6.00. The number of ether oxygens (including phenoxy) is 5. The first-order valence-electron chi connectivity index (χ1n) is 15.5. The van der Waals surface area contributed by atoms with Crippen LogP contribution in [0.3, 0.4) is 0 Å². The number of aryl methyl sites for hydroxylation is 1. The van der Waals surface area contributed by atoms with Crippen molar-refractivity contribution in [3.8, 4) is 17.2 Å². The highest BCUT2D eigenvalue weighted by Crippen LogP contribution is 2.27. The molecule has 0 bridgehead atoms. The molecule has 0 saturated heterocycles. The fourth-order valence-corrected chi connectivity index (χ4v) is 5.40. The van der Waals surface area contributed by atoms with Crippen LogP contribution in [0, 0.1) is 5.92 Å². The fourth-order valence-electron chi connectivity index (χ4n) is 5.40. The molecular formula is C36H43NO8. The van der Waals surface area contributed by atoms with E-state index in [4.69, 9.17) is 23.7 Å². The Bertz CT molecular complexity index is 1440. The molecule has 1 fully saturated rings. The third kappa shape index (κ3) is 9.99. The molecule has 4 rings (SSSR count). The number of esters is 2. The van der Waals surface area contributed by atoms with E-state index in [1.54, 1.807) is 12.1 Å². The Balaban J connectivity index is 1.30. The van der Waals surface area contributed by atoms with Gasteiger partial charge in [0.1, 0.15) is 23.9 Å². The van der Waals surface area contributed by atoms with Gasteiger partial charge in [0.15, 0.2) is 0 Å². The molecule has 240 valence electrons. The second kappa shape index (κ2) is 16.5. The predicted octanol–water partition coefficient (Wildman–Crippen LogP) is 6.31. The van der Waals surface area contributed by atoms with Gasteiger partial charge in [-0.3, -0.25) is 9.59 Å². The van der Waals surface area contributed by atoms with Gasteiger partial charge in [-0.05, 0) is 99.5 Å². The number of carbonyl (C=O) groups excluding carboxylic acids is 3. The Morgan fingerprint density at radius 1 is 0.867 bits per heavy atom. The number of hydrogen-bond donors (Lipinski definition) is 1. The molecule has 9 heteroatoms. The molecule has 0 aliphatic heterocycles. The Kier molecular flexibility index (Phi) is 12.2. The summed E-state index contributed by atoms with van der Waals surface area (Å²) in [6.07, 6.45) is 4.42. The van der Waals surface area contributed by atoms with Gasteiger partial charge in [-0.15, -0.1) is 0 Å². The minimum atomic E-state index is -0.542. The summed E-state index contributed by atoms with van der Waals surface area (Å²) in [5, 5.41) is 3.02. The molecule has 0 spiro atoms. The average molecular weight is 618 g/mol. The van der Waals surface area contributed by atoms with E-state index >= 15 is 0 Å². The topological polar surface area (TPSA) is 109 Å². The van der Waals surface area contributed by atoms with Gasteiger partial charge in [-0.1, -0.05) is 30.7 Å². The molecule has 2 unspecified atom stereocenters. The first kappa shape index (κ1) is 33.4. The summed E-state index contributed by atoms with van der Waals surface area (Å²) in [6.45, 7) is 4.82. The molecule has 9 nitrogen and oxygen atoms in total. The molecule has 1 aliphatic carbocycles. The number of methoxy groups -OCH3 is 2. The highest BCUT2D eigenvalue weighted by atomic mass is 16.5. The first-order valence-corrected chi connectivity index (χ1v) is 15.5. The summed E-state index contributed by atoms with van der Waals surface area (Å²) >= 11 is 0. The number of carbonyl (C=O) groups is 3. The zero-order valence-electron chi connectivity index (χ0n) is 26.5. The lowest BCUT2D eigenvalue weighted by Crippen LogP contribution is -2.40. The van der Waals surface area contributed by atoms with Crippen molar-refractivity contribution in [3.63, 3.8) is 0 Å². The van der Waals surface area contributed by atoms with Crippen LogP contribution in [-0.2, 0) is 27.3 Å². The van der Waals surface area contributed by atoms with Crippen LogP contribution in [0.15, 0.2) is 66.7 Å². The molecule has 1 aliphatic rings. The molecule has 3 aromatic rings. The number of hydrogen-bond acceptors (Lipinski definition) is 8. The lowest BCUT2D eigenvalue weighted by molar-refractivity contribution is -0.146. The van der Waals surface area contributed by atoms with Crippen LogP contribution in [0.25, 0.3) is 0 Å². The third-order valence-electron chi connectivity index (χ3n) is 7.66. The van der Waals surface area contributed by atoms with Gasteiger partial charge >= 0.3 is 11.9 Å². The van der Waals surface area contributed by atoms with Gasteiger partial charge in [0.05, 0.1) is 44.0 Å². The maximum Gasteiger partial charge on any atom is 0.337 e. The Morgan fingerprint density at radius 2 is 1.67 bits per heavy atom. The Morgan fingerprint density at radius 3 is 2.40 bits per heavy atom. The SMILES string of the molecule is COC(=O)c1ccc(OCCCc2ccc(OCc3cccc(OC(C)C)c3)cc2)c(C(=O)NC2CCCC(C(=O)OC)C2)c1. The largest absolute Gasteiger partial charge is 0.493 e. The second-order valence-electron chi connectivity index (χ2n) is 11.5. The molecule has 2 atom stereocenters. The molecule has 1 N–H and O–H groups in total. The average Bonchev–Trinajstić information content (AvgIpc) is 3.05. The normalized spacial score (nSPS) is 16.0. The molecule has 0 radical (unpaired) electrons. The quantitative estimate of drug-likeness (QED) is 0.166. The number of rotatable bonds is 14. The van der Waals surface area contributed by atoms with Gasteiger partial charge in [-0.2, -0.15) is 0 Å². The summed E-state index contributed by atoms with van der Waals surface area (Å²) in [4.78, 5) is 37.6. The maximum atomic E-state index is 13.4. The summed E-state index contributed by atoms with van der Waals surface area (Å²) in [5.41, 5.74) is 2.67. The number of amides is 1. The molecule has 1 amide bonds. The number of nitrogens with one attached hydrogen (secondary N) is 1. The minimum absolute atomic E-state index is 0.114. The van der Waals surface area contributed by atoms with Crippen molar-refractivity contribution < 1.29 is 38.1 Å². The highest BCUT2D eigenvalue weighted by Gasteiger charge is 2.29. The molecule has 0 heterocycles. The van der Waals surface area contributed by atoms with Crippen LogP contribution in [-0.4, -0.2) is 50.8 Å². The van der Waals surface area contributed by atoms with Crippen molar-refractivity contribution >= 4 is 17.8 Å². The van der Waals surface area contributed by atoms with Gasteiger partial charge < -0.3 is 29.0 Å². The number of benzene rings is 3. The van der Waals surface area contributed by atoms with E-state index in [2.05, 4.69) is 5.32 Å². The summed E-state index contributed by atoms with van der Waals surface area (Å²) in [5.74, 6) is 0.587. The van der Waals surface area contributed by atoms with Crippen LogP contribution in [0.1, 0.15) is 77.8 Å². The third-order valence-corrected chi connectivity index (χ3v) is 7.66. The van der Waals surface area contributed by atoms with E-state index in [1.165, 1.54) is 20.3 Å². The van der Waals surface area contributed by atoms with Crippen LogP contribution in [0.5, 0.6) is 17.2 Å². The lowest BCUT2D eigenvalue weighted by atomic mass is 9.85. The van der Waals surface area contributed by atoms with E-state index in [0.29, 0.717) is 31.8 Å². The first-order chi connectivity index (χ1) is 21.7. The summed E-state index contributed by atoms with van der Waals surface area (Å²) < 4.78 is 27.5. The maximum absolute atomic E-state index is 13.4. The predicted molar refractivity (Wildman–Crippen MR) is 170 cm³/mol. The van der Waals surface area contributed by atoms with E-state index in [-0.39, 0.29) is 41.1 Å². The van der Waals surface area contributed by atoms with E-state index < -0.39 is 5.97 Å². The van der Waals surface area contributed by atoms with Crippen LogP contribution < -0.4 is 19.5 Å². The molecule has 45 heavy (non-hydrogen) atoms. The second-order valence-corrected chi connectivity index (χ2v) is 11.5. The van der Waals surface area contributed by atoms with Crippen molar-refractivity contribution in [1.29, 1.82) is 0 Å². The molecular weight excluding hydrogens is 574 g/mol. The smallest absolute Gasteiger partial charge is 0.337 e. The van der Waals surface area contributed by atoms with Gasteiger partial charge in [0.2, 0.25) is 0 Å². The zero-order chi connectivity index (χ0) is 32.2. The molecule has 3 aromatic carbocycles. The van der Waals surface area contributed by atoms with Crippen LogP contribution in [0.4, 0.5) is 0 Å². The fraction of sp³-hybridized carbons (Fsp3) is 0.417. The van der Waals surface area contributed by atoms with Crippen molar-refractivity contribution in [2.75, 3.05) is 20.8 Å². The van der Waals surface area contributed by atoms with Crippen LogP contribution in [0.2, 0.25) is 0 Å². The van der Waals surface area contributed by atoms with Crippen molar-refractivity contribution in [2.45, 2.75) is 71.1 Å². The Labute approximate surface area is 265 Å². The summed E-state index contributed by atoms with van der Waals surface area (Å²) in [6, 6.07) is 20.4. The van der Waals surface area contributed by atoms with Crippen LogP contribution >= 0.6 is 0 Å². The molecule has 0 aromatic heterocycles. The van der Waals surface area contributed by atoms with Gasteiger partial charge in [0, 0.05) is 6.04 Å². The van der Waals surface area contributed by atoms with Gasteiger partial charge in [-0.25, -0.2) is 4.79 Å². The van der Waals surface area contributed by atoms with E-state index in [1.807, 2.05) is 62.4 Å². The minimum Gasteiger partial charge on any atom is -0.493 e. The standard InChI is InChI=1S/C36H43NO8/c1-24(2)45-31-12-5-8-26(20-31)23-44-30-16-13-25(14-17-30)9-7-19-43-33-18-15-28(36(40)42-4)22-32(33)34(38)37-29-11-6-10-27(21-29)35(39)41-3/h5,8,12-18,20,22,24,27,29H,6-7,9-11,19,21,23H2,1-4H3,(H,37,38). The van der Waals surface area contributed by atoms with Crippen molar-refractivity contribution in [1.82, 2.24) is 5.32 Å². The zero-order valence-corrected chi connectivity index (χ0v) is 26.5. The monoisotopic (exact) mass is 617 g/mol. The Hall–Kier alpha value is -4.53. The lowest BCUT2D eigenvalue weighted by Gasteiger charge is -2.28. The van der Waals surface area contributed by atoms with Crippen molar-refractivity contribution in [3.05, 3.63) is 89.0 Å². The van der Waals surface area contributed by atoms with Crippen molar-refractivity contribution in [2.24, 2.45) is 5.92 Å². The molecule has 1 saturated carbocycles. The van der Waals surface area contributed by atoms with Gasteiger partial charge in [0.25, 0.3) is 5.91 Å². The summed E-state index contributed by atoms with van der Waals surface area (Å²) in [7, 11) is 2.67. The van der Waals surface area contributed by atoms with E-state index in [9.17, 15) is 14.4 Å².